The Hall–Kier alpha value is -3.17. The van der Waals surface area contributed by atoms with Gasteiger partial charge in [0.1, 0.15) is 12.6 Å². The molecule has 7 nitrogen and oxygen atoms in total. The number of rotatable bonds is 11. The molecule has 3 aromatic carbocycles. The molecule has 0 spiro atoms. The first-order chi connectivity index (χ1) is 17.7. The summed E-state index contributed by atoms with van der Waals surface area (Å²) in [5.41, 5.74) is 2.21. The van der Waals surface area contributed by atoms with Crippen molar-refractivity contribution in [2.45, 2.75) is 44.7 Å². The highest BCUT2D eigenvalue weighted by Crippen LogP contribution is 2.27. The van der Waals surface area contributed by atoms with Gasteiger partial charge in [0.15, 0.2) is 0 Å². The first kappa shape index (κ1) is 28.4. The molecule has 0 fully saturated rings. The van der Waals surface area contributed by atoms with Gasteiger partial charge in [0.25, 0.3) is 10.0 Å². The normalized spacial score (nSPS) is 12.0. The lowest BCUT2D eigenvalue weighted by atomic mass is 10.1. The molecule has 3 rings (SSSR count). The molecule has 2 amide bonds. The van der Waals surface area contributed by atoms with E-state index in [0.29, 0.717) is 23.1 Å². The number of anilines is 1. The summed E-state index contributed by atoms with van der Waals surface area (Å²) in [6.07, 6.45) is 0.381. The van der Waals surface area contributed by atoms with E-state index in [1.807, 2.05) is 45.0 Å². The molecule has 1 atom stereocenters. The molecule has 1 N–H and O–H groups in total. The van der Waals surface area contributed by atoms with E-state index < -0.39 is 28.5 Å². The number of aryl methyl sites for hydroxylation is 1. The van der Waals surface area contributed by atoms with Crippen LogP contribution in [0, 0.1) is 6.92 Å². The van der Waals surface area contributed by atoms with Gasteiger partial charge < -0.3 is 10.2 Å². The van der Waals surface area contributed by atoms with E-state index in [9.17, 15) is 18.0 Å². The molecule has 196 valence electrons. The van der Waals surface area contributed by atoms with Crippen LogP contribution in [0.1, 0.15) is 31.4 Å². The summed E-state index contributed by atoms with van der Waals surface area (Å²) < 4.78 is 29.3. The van der Waals surface area contributed by atoms with Gasteiger partial charge in [-0.25, -0.2) is 8.42 Å². The largest absolute Gasteiger partial charge is 0.355 e. The van der Waals surface area contributed by atoms with Crippen LogP contribution in [-0.4, -0.2) is 44.3 Å². The van der Waals surface area contributed by atoms with E-state index in [1.54, 1.807) is 42.5 Å². The topological polar surface area (TPSA) is 86.8 Å². The van der Waals surface area contributed by atoms with Gasteiger partial charge in [0.05, 0.1) is 10.6 Å². The predicted molar refractivity (Wildman–Crippen MR) is 150 cm³/mol. The third kappa shape index (κ3) is 6.99. The Morgan fingerprint density at radius 1 is 0.946 bits per heavy atom. The summed E-state index contributed by atoms with van der Waals surface area (Å²) in [7, 11) is -4.08. The molecule has 0 bridgehead atoms. The van der Waals surface area contributed by atoms with Crippen LogP contribution in [0.25, 0.3) is 0 Å². The van der Waals surface area contributed by atoms with E-state index in [0.717, 1.165) is 15.4 Å². The first-order valence-electron chi connectivity index (χ1n) is 12.1. The van der Waals surface area contributed by atoms with Gasteiger partial charge in [-0.05, 0) is 61.7 Å². The van der Waals surface area contributed by atoms with Gasteiger partial charge in [-0.15, -0.1) is 0 Å². The number of sulfonamides is 1. The summed E-state index contributed by atoms with van der Waals surface area (Å²) in [5.74, 6) is -0.743. The Labute approximate surface area is 227 Å². The average molecular weight is 587 g/mol. The maximum Gasteiger partial charge on any atom is 0.264 e. The standard InChI is InChI=1S/C28H32BrN3O4S/c1-4-26(28(34)30-5-2)31(19-22-13-10-9-12-21(22)3)27(33)20-32(24-15-11-14-23(29)18-24)37(35,36)25-16-7-6-8-17-25/h6-18,26H,4-5,19-20H2,1-3H3,(H,30,34)/t26-/m0/s1. The molecule has 0 heterocycles. The van der Waals surface area contributed by atoms with Crippen molar-refractivity contribution in [3.63, 3.8) is 0 Å². The van der Waals surface area contributed by atoms with Crippen molar-refractivity contribution in [2.24, 2.45) is 0 Å². The number of nitrogens with one attached hydrogen (secondary N) is 1. The van der Waals surface area contributed by atoms with Crippen molar-refractivity contribution >= 4 is 43.5 Å². The van der Waals surface area contributed by atoms with Crippen LogP contribution in [0.15, 0.2) is 88.2 Å². The van der Waals surface area contributed by atoms with E-state index >= 15 is 0 Å². The molecule has 0 saturated heterocycles. The lowest BCUT2D eigenvalue weighted by molar-refractivity contribution is -0.140. The molecule has 0 aliphatic heterocycles. The molecule has 0 aromatic heterocycles. The monoisotopic (exact) mass is 585 g/mol. The fourth-order valence-corrected chi connectivity index (χ4v) is 5.88. The minimum absolute atomic E-state index is 0.0731. The van der Waals surface area contributed by atoms with E-state index in [1.165, 1.54) is 17.0 Å². The summed E-state index contributed by atoms with van der Waals surface area (Å²) in [6.45, 7) is 5.74. The molecule has 3 aromatic rings. The number of hydrogen-bond acceptors (Lipinski definition) is 4. The van der Waals surface area contributed by atoms with E-state index in [2.05, 4.69) is 21.2 Å². The number of likely N-dealkylation sites (N-methyl/N-ethyl adjacent to an activating group) is 1. The summed E-state index contributed by atoms with van der Waals surface area (Å²) in [5, 5.41) is 2.81. The highest BCUT2D eigenvalue weighted by Gasteiger charge is 2.33. The van der Waals surface area contributed by atoms with Crippen LogP contribution in [0.2, 0.25) is 0 Å². The quantitative estimate of drug-likeness (QED) is 0.347. The zero-order valence-electron chi connectivity index (χ0n) is 21.2. The second-order valence-corrected chi connectivity index (χ2v) is 11.3. The Morgan fingerprint density at radius 3 is 2.24 bits per heavy atom. The molecular formula is C28H32BrN3O4S. The summed E-state index contributed by atoms with van der Waals surface area (Å²) in [4.78, 5) is 28.5. The van der Waals surface area contributed by atoms with Crippen LogP contribution < -0.4 is 9.62 Å². The van der Waals surface area contributed by atoms with Crippen LogP contribution in [0.5, 0.6) is 0 Å². The van der Waals surface area contributed by atoms with E-state index in [4.69, 9.17) is 0 Å². The Kier molecular flexibility index (Phi) is 9.88. The van der Waals surface area contributed by atoms with Gasteiger partial charge in [0, 0.05) is 17.6 Å². The number of amides is 2. The third-order valence-electron chi connectivity index (χ3n) is 6.05. The number of carbonyl (C=O) groups is 2. The number of nitrogens with zero attached hydrogens (tertiary/aromatic N) is 2. The smallest absolute Gasteiger partial charge is 0.264 e. The van der Waals surface area contributed by atoms with Crippen molar-refractivity contribution in [3.05, 3.63) is 94.5 Å². The Bertz CT molecular complexity index is 1330. The van der Waals surface area contributed by atoms with Crippen LogP contribution in [0.3, 0.4) is 0 Å². The maximum absolute atomic E-state index is 13.9. The predicted octanol–water partition coefficient (Wildman–Crippen LogP) is 4.90. The first-order valence-corrected chi connectivity index (χ1v) is 14.4. The average Bonchev–Trinajstić information content (AvgIpc) is 2.88. The fourth-order valence-electron chi connectivity index (χ4n) is 4.06. The molecule has 0 aliphatic carbocycles. The lowest BCUT2D eigenvalue weighted by Crippen LogP contribution is -2.52. The summed E-state index contributed by atoms with van der Waals surface area (Å²) >= 11 is 3.40. The van der Waals surface area contributed by atoms with Gasteiger partial charge in [-0.3, -0.25) is 13.9 Å². The van der Waals surface area contributed by atoms with Gasteiger partial charge >= 0.3 is 0 Å². The third-order valence-corrected chi connectivity index (χ3v) is 8.33. The Morgan fingerprint density at radius 2 is 1.62 bits per heavy atom. The van der Waals surface area contributed by atoms with E-state index in [-0.39, 0.29) is 17.3 Å². The molecule has 0 saturated carbocycles. The zero-order chi connectivity index (χ0) is 27.0. The molecule has 9 heteroatoms. The van der Waals surface area contributed by atoms with Crippen molar-refractivity contribution < 1.29 is 18.0 Å². The zero-order valence-corrected chi connectivity index (χ0v) is 23.6. The fraction of sp³-hybridized carbons (Fsp3) is 0.286. The highest BCUT2D eigenvalue weighted by atomic mass is 79.9. The minimum atomic E-state index is -4.08. The number of benzene rings is 3. The second kappa shape index (κ2) is 12.9. The molecule has 37 heavy (non-hydrogen) atoms. The lowest BCUT2D eigenvalue weighted by Gasteiger charge is -2.33. The second-order valence-electron chi connectivity index (χ2n) is 8.57. The maximum atomic E-state index is 13.9. The van der Waals surface area contributed by atoms with Crippen LogP contribution in [-0.2, 0) is 26.2 Å². The van der Waals surface area contributed by atoms with Crippen molar-refractivity contribution in [1.82, 2.24) is 10.2 Å². The minimum Gasteiger partial charge on any atom is -0.355 e. The van der Waals surface area contributed by atoms with Crippen LogP contribution >= 0.6 is 15.9 Å². The van der Waals surface area contributed by atoms with Crippen molar-refractivity contribution in [3.8, 4) is 0 Å². The molecular weight excluding hydrogens is 554 g/mol. The van der Waals surface area contributed by atoms with Gasteiger partial charge in [0.2, 0.25) is 11.8 Å². The van der Waals surface area contributed by atoms with Gasteiger partial charge in [-0.2, -0.15) is 0 Å². The molecule has 0 radical (unpaired) electrons. The van der Waals surface area contributed by atoms with Crippen LogP contribution in [0.4, 0.5) is 5.69 Å². The van der Waals surface area contributed by atoms with Crippen molar-refractivity contribution in [2.75, 3.05) is 17.4 Å². The Balaban J connectivity index is 2.06. The number of halogens is 1. The highest BCUT2D eigenvalue weighted by molar-refractivity contribution is 9.10. The molecule has 0 unspecified atom stereocenters. The van der Waals surface area contributed by atoms with Gasteiger partial charge in [-0.1, -0.05) is 71.4 Å². The van der Waals surface area contributed by atoms with Crippen molar-refractivity contribution in [1.29, 1.82) is 0 Å². The molecule has 0 aliphatic rings. The number of hydrogen-bond donors (Lipinski definition) is 1. The summed E-state index contributed by atoms with van der Waals surface area (Å²) in [6, 6.07) is 21.7. The number of carbonyl (C=O) groups excluding carboxylic acids is 2. The SMILES string of the molecule is CCNC(=O)[C@H](CC)N(Cc1ccccc1C)C(=O)CN(c1cccc(Br)c1)S(=O)(=O)c1ccccc1.